The van der Waals surface area contributed by atoms with E-state index in [1.165, 1.54) is 38.0 Å². The second-order valence-corrected chi connectivity index (χ2v) is 5.11. The highest BCUT2D eigenvalue weighted by atomic mass is 15.2. The molecule has 2 heteroatoms. The Morgan fingerprint density at radius 2 is 1.88 bits per heavy atom. The normalized spacial score (nSPS) is 32.9. The van der Waals surface area contributed by atoms with Crippen molar-refractivity contribution in [3.8, 4) is 0 Å². The Kier molecular flexibility index (Phi) is 2.94. The number of hydrogen-bond acceptors (Lipinski definition) is 2. The fourth-order valence-corrected chi connectivity index (χ4v) is 3.04. The first-order valence-electron chi connectivity index (χ1n) is 6.41. The summed E-state index contributed by atoms with van der Waals surface area (Å²) in [5.74, 6) is 0.925. The van der Waals surface area contributed by atoms with Gasteiger partial charge in [-0.05, 0) is 37.4 Å². The van der Waals surface area contributed by atoms with Gasteiger partial charge in [0.05, 0.1) is 0 Å². The highest BCUT2D eigenvalue weighted by Crippen LogP contribution is 2.27. The van der Waals surface area contributed by atoms with E-state index in [1.807, 2.05) is 0 Å². The molecule has 0 saturated carbocycles. The molecule has 3 fully saturated rings. The molecule has 0 unspecified atom stereocenters. The van der Waals surface area contributed by atoms with Gasteiger partial charge in [0.1, 0.15) is 0 Å². The van der Waals surface area contributed by atoms with Gasteiger partial charge in [-0.15, -0.1) is 0 Å². The molecule has 1 N–H and O–H groups in total. The fraction of sp³-hybridized carbons (Fsp3) is 0.571. The topological polar surface area (TPSA) is 15.3 Å². The van der Waals surface area contributed by atoms with Gasteiger partial charge in [0.15, 0.2) is 0 Å². The zero-order chi connectivity index (χ0) is 10.8. The largest absolute Gasteiger partial charge is 0.308 e. The molecule has 1 aromatic rings. The number of nitrogens with zero attached hydrogens (tertiary/aromatic N) is 1. The van der Waals surface area contributed by atoms with Gasteiger partial charge < -0.3 is 10.2 Å². The molecule has 86 valence electrons. The Morgan fingerprint density at radius 1 is 1.12 bits per heavy atom. The number of benzene rings is 1. The van der Waals surface area contributed by atoms with E-state index in [4.69, 9.17) is 0 Å². The lowest BCUT2D eigenvalue weighted by Gasteiger charge is -2.45. The highest BCUT2D eigenvalue weighted by molar-refractivity contribution is 5.14. The summed E-state index contributed by atoms with van der Waals surface area (Å²) >= 11 is 0. The Hall–Kier alpha value is -0.860. The van der Waals surface area contributed by atoms with Gasteiger partial charge in [-0.2, -0.15) is 0 Å². The SMILES string of the molecule is c1ccc(CN[C@H]2CN3CCC2CC3)cc1. The number of rotatable bonds is 3. The average molecular weight is 216 g/mol. The third kappa shape index (κ3) is 2.13. The molecule has 0 aliphatic carbocycles. The molecule has 16 heavy (non-hydrogen) atoms. The maximum atomic E-state index is 3.73. The molecule has 3 aliphatic rings. The smallest absolute Gasteiger partial charge is 0.0227 e. The van der Waals surface area contributed by atoms with Gasteiger partial charge in [-0.3, -0.25) is 0 Å². The van der Waals surface area contributed by atoms with Crippen LogP contribution in [0.1, 0.15) is 18.4 Å². The van der Waals surface area contributed by atoms with Gasteiger partial charge in [-0.1, -0.05) is 30.3 Å². The molecular weight excluding hydrogens is 196 g/mol. The zero-order valence-electron chi connectivity index (χ0n) is 9.73. The molecule has 2 nitrogen and oxygen atoms in total. The minimum Gasteiger partial charge on any atom is -0.308 e. The van der Waals surface area contributed by atoms with Gasteiger partial charge in [-0.25, -0.2) is 0 Å². The van der Waals surface area contributed by atoms with E-state index in [1.54, 1.807) is 0 Å². The minimum atomic E-state index is 0.725. The first-order chi connectivity index (χ1) is 7.92. The van der Waals surface area contributed by atoms with Crippen molar-refractivity contribution in [2.75, 3.05) is 19.6 Å². The molecule has 1 atom stereocenters. The van der Waals surface area contributed by atoms with E-state index in [-0.39, 0.29) is 0 Å². The summed E-state index contributed by atoms with van der Waals surface area (Å²) in [7, 11) is 0. The molecule has 2 bridgehead atoms. The van der Waals surface area contributed by atoms with E-state index >= 15 is 0 Å². The van der Waals surface area contributed by atoms with Crippen LogP contribution in [0.3, 0.4) is 0 Å². The molecular formula is C14H20N2. The number of fused-ring (bicyclic) bond motifs is 3. The summed E-state index contributed by atoms with van der Waals surface area (Å²) in [5.41, 5.74) is 1.40. The maximum absolute atomic E-state index is 3.73. The number of nitrogens with one attached hydrogen (secondary N) is 1. The Labute approximate surface area is 97.6 Å². The van der Waals surface area contributed by atoms with Crippen molar-refractivity contribution in [3.05, 3.63) is 35.9 Å². The monoisotopic (exact) mass is 216 g/mol. The molecule has 0 spiro atoms. The van der Waals surface area contributed by atoms with Crippen LogP contribution in [0.4, 0.5) is 0 Å². The quantitative estimate of drug-likeness (QED) is 0.830. The van der Waals surface area contributed by atoms with Gasteiger partial charge in [0.2, 0.25) is 0 Å². The number of hydrogen-bond donors (Lipinski definition) is 1. The summed E-state index contributed by atoms with van der Waals surface area (Å²) < 4.78 is 0. The van der Waals surface area contributed by atoms with E-state index in [9.17, 15) is 0 Å². The second kappa shape index (κ2) is 4.56. The van der Waals surface area contributed by atoms with Crippen molar-refractivity contribution >= 4 is 0 Å². The van der Waals surface area contributed by atoms with Crippen molar-refractivity contribution in [1.29, 1.82) is 0 Å². The first-order valence-corrected chi connectivity index (χ1v) is 6.41. The number of piperidine rings is 3. The molecule has 3 saturated heterocycles. The average Bonchev–Trinajstić information content (AvgIpc) is 2.39. The lowest BCUT2D eigenvalue weighted by Crippen LogP contribution is -2.55. The first kappa shape index (κ1) is 10.3. The molecule has 0 radical (unpaired) electrons. The van der Waals surface area contributed by atoms with Crippen molar-refractivity contribution < 1.29 is 0 Å². The van der Waals surface area contributed by atoms with Crippen molar-refractivity contribution in [2.24, 2.45) is 5.92 Å². The highest BCUT2D eigenvalue weighted by Gasteiger charge is 2.33. The predicted octanol–water partition coefficient (Wildman–Crippen LogP) is 1.87. The van der Waals surface area contributed by atoms with Crippen LogP contribution in [-0.4, -0.2) is 30.6 Å². The summed E-state index contributed by atoms with van der Waals surface area (Å²) in [4.78, 5) is 2.60. The van der Waals surface area contributed by atoms with Crippen LogP contribution in [-0.2, 0) is 6.54 Å². The van der Waals surface area contributed by atoms with Crippen LogP contribution in [0.5, 0.6) is 0 Å². The van der Waals surface area contributed by atoms with Gasteiger partial charge in [0, 0.05) is 19.1 Å². The van der Waals surface area contributed by atoms with Crippen LogP contribution in [0.25, 0.3) is 0 Å². The van der Waals surface area contributed by atoms with Gasteiger partial charge >= 0.3 is 0 Å². The van der Waals surface area contributed by atoms with Crippen LogP contribution < -0.4 is 5.32 Å². The Bertz CT molecular complexity index is 328. The summed E-state index contributed by atoms with van der Waals surface area (Å²) in [6, 6.07) is 11.4. The summed E-state index contributed by atoms with van der Waals surface area (Å²) in [5, 5.41) is 3.73. The molecule has 0 amide bonds. The van der Waals surface area contributed by atoms with Crippen molar-refractivity contribution in [1.82, 2.24) is 10.2 Å². The zero-order valence-corrected chi connectivity index (χ0v) is 9.73. The second-order valence-electron chi connectivity index (χ2n) is 5.11. The predicted molar refractivity (Wildman–Crippen MR) is 66.2 cm³/mol. The lowest BCUT2D eigenvalue weighted by molar-refractivity contribution is 0.0720. The van der Waals surface area contributed by atoms with Crippen molar-refractivity contribution in [3.63, 3.8) is 0 Å². The Balaban J connectivity index is 1.56. The summed E-state index contributed by atoms with van der Waals surface area (Å²) in [6.07, 6.45) is 2.79. The lowest BCUT2D eigenvalue weighted by atomic mass is 9.84. The third-order valence-corrected chi connectivity index (χ3v) is 4.07. The Morgan fingerprint density at radius 3 is 2.50 bits per heavy atom. The molecule has 0 aromatic heterocycles. The van der Waals surface area contributed by atoms with Crippen LogP contribution in [0.2, 0.25) is 0 Å². The van der Waals surface area contributed by atoms with Gasteiger partial charge in [0.25, 0.3) is 0 Å². The molecule has 1 aromatic carbocycles. The standard InChI is InChI=1S/C14H20N2/c1-2-4-12(5-3-1)10-15-14-11-16-8-6-13(14)7-9-16/h1-5,13-15H,6-11H2/t14-/m0/s1. The van der Waals surface area contributed by atoms with Crippen LogP contribution in [0, 0.1) is 5.92 Å². The molecule has 3 aliphatic heterocycles. The van der Waals surface area contributed by atoms with Crippen LogP contribution in [0.15, 0.2) is 30.3 Å². The fourth-order valence-electron chi connectivity index (χ4n) is 3.04. The van der Waals surface area contributed by atoms with E-state index in [0.29, 0.717) is 0 Å². The van der Waals surface area contributed by atoms with E-state index in [0.717, 1.165) is 18.5 Å². The maximum Gasteiger partial charge on any atom is 0.0227 e. The molecule has 3 heterocycles. The minimum absolute atomic E-state index is 0.725. The van der Waals surface area contributed by atoms with E-state index < -0.39 is 0 Å². The summed E-state index contributed by atoms with van der Waals surface area (Å²) in [6.45, 7) is 4.94. The van der Waals surface area contributed by atoms with E-state index in [2.05, 4.69) is 40.5 Å². The van der Waals surface area contributed by atoms with Crippen LogP contribution >= 0.6 is 0 Å². The van der Waals surface area contributed by atoms with Crippen molar-refractivity contribution in [2.45, 2.75) is 25.4 Å². The third-order valence-electron chi connectivity index (χ3n) is 4.07. The molecule has 4 rings (SSSR count).